The van der Waals surface area contributed by atoms with Crippen LogP contribution < -0.4 is 0 Å². The Morgan fingerprint density at radius 3 is 3.16 bits per heavy atom. The molecule has 4 nitrogen and oxygen atoms in total. The molecule has 19 heavy (non-hydrogen) atoms. The number of carbonyl (C=O) groups is 1. The minimum atomic E-state index is -0.738. The Bertz CT molecular complexity index is 606. The number of rotatable bonds is 3. The molecule has 2 aromatic rings. The highest BCUT2D eigenvalue weighted by Gasteiger charge is 2.28. The van der Waals surface area contributed by atoms with Crippen molar-refractivity contribution in [2.45, 2.75) is 25.8 Å². The summed E-state index contributed by atoms with van der Waals surface area (Å²) in [5.41, 5.74) is 0.978. The van der Waals surface area contributed by atoms with E-state index in [9.17, 15) is 4.79 Å². The van der Waals surface area contributed by atoms with Gasteiger partial charge in [-0.3, -0.25) is 4.79 Å². The maximum absolute atomic E-state index is 11.1. The van der Waals surface area contributed by atoms with Crippen molar-refractivity contribution < 1.29 is 9.90 Å². The van der Waals surface area contributed by atoms with Gasteiger partial charge in [-0.2, -0.15) is 0 Å². The van der Waals surface area contributed by atoms with Gasteiger partial charge >= 0.3 is 5.97 Å². The molecule has 0 saturated heterocycles. The summed E-state index contributed by atoms with van der Waals surface area (Å²) in [7, 11) is 0. The predicted molar refractivity (Wildman–Crippen MR) is 73.8 cm³/mol. The van der Waals surface area contributed by atoms with Crippen LogP contribution in [0.5, 0.6) is 0 Å². The Balaban J connectivity index is 1.92. The number of hydrogen-bond acceptors (Lipinski definition) is 3. The third-order valence-electron chi connectivity index (χ3n) is 3.50. The van der Waals surface area contributed by atoms with Crippen LogP contribution in [0.4, 0.5) is 0 Å². The van der Waals surface area contributed by atoms with Gasteiger partial charge in [0.1, 0.15) is 5.82 Å². The molecule has 1 aliphatic rings. The first-order valence-electron chi connectivity index (χ1n) is 6.14. The van der Waals surface area contributed by atoms with E-state index in [0.717, 1.165) is 11.5 Å². The van der Waals surface area contributed by atoms with Gasteiger partial charge in [0.15, 0.2) is 5.15 Å². The molecule has 0 amide bonds. The van der Waals surface area contributed by atoms with Crippen molar-refractivity contribution in [1.29, 1.82) is 0 Å². The van der Waals surface area contributed by atoms with Gasteiger partial charge in [-0.1, -0.05) is 17.7 Å². The molecule has 0 radical (unpaired) electrons. The summed E-state index contributed by atoms with van der Waals surface area (Å²) in [4.78, 5) is 16.7. The third-order valence-corrected chi connectivity index (χ3v) is 4.68. The van der Waals surface area contributed by atoms with Crippen LogP contribution in [-0.4, -0.2) is 20.6 Å². The quantitative estimate of drug-likeness (QED) is 0.947. The Morgan fingerprint density at radius 2 is 2.47 bits per heavy atom. The zero-order valence-electron chi connectivity index (χ0n) is 10.2. The molecule has 0 spiro atoms. The van der Waals surface area contributed by atoms with E-state index in [1.807, 2.05) is 16.0 Å². The van der Waals surface area contributed by atoms with Crippen LogP contribution in [-0.2, 0) is 24.2 Å². The number of fused-ring (bicyclic) bond motifs is 1. The van der Waals surface area contributed by atoms with Crippen molar-refractivity contribution in [3.05, 3.63) is 39.1 Å². The standard InChI is InChI=1S/C13H13ClN2O2S/c14-12-10-4-3-8(13(17)18)7-16(10)11(15-12)6-9-2-1-5-19-9/h1-2,5,8H,3-4,6-7H2,(H,17,18). The van der Waals surface area contributed by atoms with Crippen molar-refractivity contribution in [2.24, 2.45) is 5.92 Å². The van der Waals surface area contributed by atoms with Gasteiger partial charge in [-0.15, -0.1) is 11.3 Å². The summed E-state index contributed by atoms with van der Waals surface area (Å²) in [6, 6.07) is 4.05. The molecule has 1 aliphatic heterocycles. The van der Waals surface area contributed by atoms with Gasteiger partial charge in [-0.05, 0) is 24.3 Å². The molecular formula is C13H13ClN2O2S. The van der Waals surface area contributed by atoms with Gasteiger partial charge in [0, 0.05) is 17.8 Å². The van der Waals surface area contributed by atoms with E-state index in [1.165, 1.54) is 4.88 Å². The van der Waals surface area contributed by atoms with Gasteiger partial charge in [0.05, 0.1) is 11.6 Å². The molecule has 3 heterocycles. The maximum atomic E-state index is 11.1. The second-order valence-corrected chi connectivity index (χ2v) is 6.10. The molecule has 1 N–H and O–H groups in total. The Morgan fingerprint density at radius 1 is 1.63 bits per heavy atom. The number of aliphatic carboxylic acids is 1. The number of thiophene rings is 1. The van der Waals surface area contributed by atoms with Crippen LogP contribution in [0.1, 0.15) is 22.8 Å². The van der Waals surface area contributed by atoms with Crippen LogP contribution in [0, 0.1) is 5.92 Å². The number of imidazole rings is 1. The molecule has 3 rings (SSSR count). The Hall–Kier alpha value is -1.33. The smallest absolute Gasteiger partial charge is 0.308 e. The SMILES string of the molecule is O=C(O)C1CCc2c(Cl)nc(Cc3cccs3)n2C1. The average Bonchev–Trinajstić information content (AvgIpc) is 2.99. The lowest BCUT2D eigenvalue weighted by molar-refractivity contribution is -0.142. The monoisotopic (exact) mass is 296 g/mol. The van der Waals surface area contributed by atoms with E-state index in [0.29, 0.717) is 31.0 Å². The van der Waals surface area contributed by atoms with Crippen LogP contribution in [0.25, 0.3) is 0 Å². The number of aromatic nitrogens is 2. The van der Waals surface area contributed by atoms with E-state index in [-0.39, 0.29) is 5.92 Å². The second kappa shape index (κ2) is 4.98. The molecule has 2 aromatic heterocycles. The highest BCUT2D eigenvalue weighted by molar-refractivity contribution is 7.09. The van der Waals surface area contributed by atoms with Crippen LogP contribution in [0.2, 0.25) is 5.15 Å². The van der Waals surface area contributed by atoms with Crippen molar-refractivity contribution in [2.75, 3.05) is 0 Å². The zero-order chi connectivity index (χ0) is 13.4. The second-order valence-electron chi connectivity index (χ2n) is 4.71. The lowest BCUT2D eigenvalue weighted by Crippen LogP contribution is -2.27. The summed E-state index contributed by atoms with van der Waals surface area (Å²) in [6.07, 6.45) is 2.04. The first-order valence-corrected chi connectivity index (χ1v) is 7.40. The third kappa shape index (κ3) is 2.40. The van der Waals surface area contributed by atoms with Crippen LogP contribution >= 0.6 is 22.9 Å². The summed E-state index contributed by atoms with van der Waals surface area (Å²) in [6.45, 7) is 0.477. The minimum absolute atomic E-state index is 0.333. The fraction of sp³-hybridized carbons (Fsp3) is 0.385. The van der Waals surface area contributed by atoms with Crippen molar-refractivity contribution in [3.63, 3.8) is 0 Å². The molecule has 0 aliphatic carbocycles. The lowest BCUT2D eigenvalue weighted by atomic mass is 9.98. The molecular weight excluding hydrogens is 284 g/mol. The topological polar surface area (TPSA) is 55.1 Å². The number of carboxylic acid groups (broad SMARTS) is 1. The minimum Gasteiger partial charge on any atom is -0.481 e. The molecule has 0 bridgehead atoms. The van der Waals surface area contributed by atoms with Gasteiger partial charge in [0.2, 0.25) is 0 Å². The molecule has 1 unspecified atom stereocenters. The zero-order valence-corrected chi connectivity index (χ0v) is 11.7. The highest BCUT2D eigenvalue weighted by atomic mass is 35.5. The highest BCUT2D eigenvalue weighted by Crippen LogP contribution is 2.29. The van der Waals surface area contributed by atoms with Crippen molar-refractivity contribution >= 4 is 28.9 Å². The van der Waals surface area contributed by atoms with Crippen molar-refractivity contribution in [1.82, 2.24) is 9.55 Å². The van der Waals surface area contributed by atoms with Crippen LogP contribution in [0.15, 0.2) is 17.5 Å². The van der Waals surface area contributed by atoms with E-state index < -0.39 is 5.97 Å². The summed E-state index contributed by atoms with van der Waals surface area (Å²) in [5.74, 6) is -0.203. The molecule has 0 aromatic carbocycles. The summed E-state index contributed by atoms with van der Waals surface area (Å²) < 4.78 is 1.99. The summed E-state index contributed by atoms with van der Waals surface area (Å²) >= 11 is 7.83. The van der Waals surface area contributed by atoms with Gasteiger partial charge < -0.3 is 9.67 Å². The Kier molecular flexibility index (Phi) is 3.33. The molecule has 6 heteroatoms. The average molecular weight is 297 g/mol. The predicted octanol–water partition coefficient (Wildman–Crippen LogP) is 2.84. The van der Waals surface area contributed by atoms with E-state index in [1.54, 1.807) is 11.3 Å². The lowest BCUT2D eigenvalue weighted by Gasteiger charge is -2.22. The number of carboxylic acids is 1. The summed E-state index contributed by atoms with van der Waals surface area (Å²) in [5, 5.41) is 11.7. The van der Waals surface area contributed by atoms with Gasteiger partial charge in [-0.25, -0.2) is 4.98 Å². The first-order chi connectivity index (χ1) is 9.15. The van der Waals surface area contributed by atoms with E-state index in [2.05, 4.69) is 11.1 Å². The van der Waals surface area contributed by atoms with E-state index >= 15 is 0 Å². The first kappa shape index (κ1) is 12.7. The number of nitrogens with zero attached hydrogens (tertiary/aromatic N) is 2. The fourth-order valence-corrected chi connectivity index (χ4v) is 3.48. The van der Waals surface area contributed by atoms with E-state index in [4.69, 9.17) is 16.7 Å². The van der Waals surface area contributed by atoms with Crippen LogP contribution in [0.3, 0.4) is 0 Å². The number of halogens is 1. The largest absolute Gasteiger partial charge is 0.481 e. The fourth-order valence-electron chi connectivity index (χ4n) is 2.49. The molecule has 100 valence electrons. The molecule has 0 saturated carbocycles. The van der Waals surface area contributed by atoms with Gasteiger partial charge in [0.25, 0.3) is 0 Å². The normalized spacial score (nSPS) is 18.3. The Labute approximate surface area is 119 Å². The van der Waals surface area contributed by atoms with Crippen molar-refractivity contribution in [3.8, 4) is 0 Å². The molecule has 0 fully saturated rings. The molecule has 1 atom stereocenters. The number of hydrogen-bond donors (Lipinski definition) is 1. The maximum Gasteiger partial charge on any atom is 0.308 e.